The van der Waals surface area contributed by atoms with Crippen LogP contribution < -0.4 is 0 Å². The lowest BCUT2D eigenvalue weighted by Crippen LogP contribution is -2.35. The first-order chi connectivity index (χ1) is 10.2. The van der Waals surface area contributed by atoms with Crippen molar-refractivity contribution in [2.45, 2.75) is 19.4 Å². The molecular weight excluding hydrogens is 260 g/mol. The lowest BCUT2D eigenvalue weighted by molar-refractivity contribution is 0.173. The number of nitrogens with zero attached hydrogens (tertiary/aromatic N) is 2. The summed E-state index contributed by atoms with van der Waals surface area (Å²) in [5, 5.41) is 8.69. The van der Waals surface area contributed by atoms with Gasteiger partial charge >= 0.3 is 0 Å². The first-order valence-corrected chi connectivity index (χ1v) is 7.73. The van der Waals surface area contributed by atoms with Crippen molar-refractivity contribution in [3.63, 3.8) is 0 Å². The van der Waals surface area contributed by atoms with Crippen molar-refractivity contribution < 1.29 is 5.11 Å². The summed E-state index contributed by atoms with van der Waals surface area (Å²) < 4.78 is 0. The van der Waals surface area contributed by atoms with E-state index in [1.807, 2.05) is 12.1 Å². The molecule has 1 heterocycles. The van der Waals surface area contributed by atoms with E-state index in [0.29, 0.717) is 0 Å². The van der Waals surface area contributed by atoms with Crippen molar-refractivity contribution in [3.05, 3.63) is 35.4 Å². The van der Waals surface area contributed by atoms with Gasteiger partial charge in [-0.15, -0.1) is 0 Å². The Labute approximate surface area is 128 Å². The van der Waals surface area contributed by atoms with E-state index in [-0.39, 0.29) is 6.61 Å². The van der Waals surface area contributed by atoms with Gasteiger partial charge < -0.3 is 14.9 Å². The summed E-state index contributed by atoms with van der Waals surface area (Å²) in [6.07, 6.45) is 2.63. The predicted molar refractivity (Wildman–Crippen MR) is 87.0 cm³/mol. The van der Waals surface area contributed by atoms with E-state index in [4.69, 9.17) is 5.11 Å². The molecule has 0 aliphatic carbocycles. The van der Waals surface area contributed by atoms with Crippen LogP contribution in [0.25, 0.3) is 0 Å². The number of hydrogen-bond acceptors (Lipinski definition) is 3. The molecule has 0 amide bonds. The summed E-state index contributed by atoms with van der Waals surface area (Å²) in [5.74, 6) is 6.43. The number of aliphatic hydroxyl groups is 1. The van der Waals surface area contributed by atoms with Gasteiger partial charge in [0.05, 0.1) is 0 Å². The highest BCUT2D eigenvalue weighted by atomic mass is 16.2. The van der Waals surface area contributed by atoms with E-state index in [9.17, 15) is 0 Å². The molecule has 0 spiro atoms. The second-order valence-electron chi connectivity index (χ2n) is 6.10. The monoisotopic (exact) mass is 286 g/mol. The number of aliphatic hydroxyl groups excluding tert-OH is 1. The smallest absolute Gasteiger partial charge is 0.104 e. The molecule has 3 nitrogen and oxygen atoms in total. The number of benzene rings is 1. The SMILES string of the molecule is CN1CCC(CN(C)Cc2ccc(C#CCO)cc2)CC1. The highest BCUT2D eigenvalue weighted by Gasteiger charge is 2.17. The van der Waals surface area contributed by atoms with Gasteiger partial charge in [-0.05, 0) is 63.6 Å². The Balaban J connectivity index is 1.80. The Morgan fingerprint density at radius 2 is 1.90 bits per heavy atom. The highest BCUT2D eigenvalue weighted by Crippen LogP contribution is 2.17. The number of piperidine rings is 1. The second-order valence-corrected chi connectivity index (χ2v) is 6.10. The lowest BCUT2D eigenvalue weighted by Gasteiger charge is -2.31. The minimum absolute atomic E-state index is 0.0823. The average molecular weight is 286 g/mol. The van der Waals surface area contributed by atoms with Gasteiger partial charge in [-0.25, -0.2) is 0 Å². The molecule has 1 saturated heterocycles. The fourth-order valence-electron chi connectivity index (χ4n) is 2.90. The Morgan fingerprint density at radius 3 is 2.52 bits per heavy atom. The molecule has 0 bridgehead atoms. The van der Waals surface area contributed by atoms with Crippen molar-refractivity contribution in [3.8, 4) is 11.8 Å². The third-order valence-electron chi connectivity index (χ3n) is 4.13. The van der Waals surface area contributed by atoms with Crippen molar-refractivity contribution in [2.24, 2.45) is 5.92 Å². The number of likely N-dealkylation sites (tertiary alicyclic amines) is 1. The van der Waals surface area contributed by atoms with Crippen molar-refractivity contribution in [2.75, 3.05) is 40.3 Å². The Kier molecular flexibility index (Phi) is 6.25. The topological polar surface area (TPSA) is 26.7 Å². The van der Waals surface area contributed by atoms with E-state index in [2.05, 4.69) is 47.9 Å². The van der Waals surface area contributed by atoms with Gasteiger partial charge in [0, 0.05) is 18.7 Å². The van der Waals surface area contributed by atoms with Crippen molar-refractivity contribution in [1.29, 1.82) is 0 Å². The van der Waals surface area contributed by atoms with Crippen LogP contribution in [0.3, 0.4) is 0 Å². The summed E-state index contributed by atoms with van der Waals surface area (Å²) in [6.45, 7) is 4.55. The molecule has 1 fully saturated rings. The molecule has 1 aromatic carbocycles. The molecule has 0 saturated carbocycles. The molecule has 1 N–H and O–H groups in total. The van der Waals surface area contributed by atoms with E-state index < -0.39 is 0 Å². The first-order valence-electron chi connectivity index (χ1n) is 7.73. The molecule has 114 valence electrons. The summed E-state index contributed by atoms with van der Waals surface area (Å²) in [7, 11) is 4.42. The highest BCUT2D eigenvalue weighted by molar-refractivity contribution is 5.36. The van der Waals surface area contributed by atoms with Crippen molar-refractivity contribution >= 4 is 0 Å². The van der Waals surface area contributed by atoms with Gasteiger partial charge in [-0.2, -0.15) is 0 Å². The van der Waals surface area contributed by atoms with Crippen LogP contribution in [0.15, 0.2) is 24.3 Å². The maximum absolute atomic E-state index is 8.69. The van der Waals surface area contributed by atoms with Crippen LogP contribution in [0.1, 0.15) is 24.0 Å². The molecule has 1 aromatic rings. The largest absolute Gasteiger partial charge is 0.384 e. The molecule has 21 heavy (non-hydrogen) atoms. The molecule has 3 heteroatoms. The summed E-state index contributed by atoms with van der Waals surface area (Å²) >= 11 is 0. The van der Waals surface area contributed by atoms with Crippen LogP contribution in [-0.4, -0.2) is 55.2 Å². The normalized spacial score (nSPS) is 16.8. The van der Waals surface area contributed by atoms with E-state index in [0.717, 1.165) is 18.0 Å². The van der Waals surface area contributed by atoms with Crippen LogP contribution in [0.2, 0.25) is 0 Å². The molecule has 0 radical (unpaired) electrons. The zero-order chi connectivity index (χ0) is 15.1. The Bertz CT molecular complexity index is 478. The van der Waals surface area contributed by atoms with E-state index >= 15 is 0 Å². The van der Waals surface area contributed by atoms with E-state index in [1.54, 1.807) is 0 Å². The van der Waals surface area contributed by atoms with Crippen LogP contribution in [0.4, 0.5) is 0 Å². The van der Waals surface area contributed by atoms with Gasteiger partial charge in [0.25, 0.3) is 0 Å². The zero-order valence-corrected chi connectivity index (χ0v) is 13.2. The van der Waals surface area contributed by atoms with Crippen LogP contribution in [0.5, 0.6) is 0 Å². The van der Waals surface area contributed by atoms with Gasteiger partial charge in [0.15, 0.2) is 0 Å². The second kappa shape index (κ2) is 8.19. The molecule has 2 rings (SSSR count). The fraction of sp³-hybridized carbons (Fsp3) is 0.556. The lowest BCUT2D eigenvalue weighted by atomic mass is 9.96. The Hall–Kier alpha value is -1.34. The predicted octanol–water partition coefficient (Wildman–Crippen LogP) is 1.80. The minimum atomic E-state index is -0.0823. The third kappa shape index (κ3) is 5.51. The zero-order valence-electron chi connectivity index (χ0n) is 13.2. The molecule has 0 aromatic heterocycles. The van der Waals surface area contributed by atoms with Gasteiger partial charge in [0.1, 0.15) is 6.61 Å². The van der Waals surface area contributed by atoms with Crippen LogP contribution in [-0.2, 0) is 6.54 Å². The maximum atomic E-state index is 8.69. The fourth-order valence-corrected chi connectivity index (χ4v) is 2.90. The molecule has 0 atom stereocenters. The molecular formula is C18H26N2O. The van der Waals surface area contributed by atoms with Crippen LogP contribution in [0, 0.1) is 17.8 Å². The quantitative estimate of drug-likeness (QED) is 0.855. The van der Waals surface area contributed by atoms with Gasteiger partial charge in [-0.1, -0.05) is 24.0 Å². The molecule has 1 aliphatic rings. The summed E-state index contributed by atoms with van der Waals surface area (Å²) in [5.41, 5.74) is 2.28. The number of hydrogen-bond donors (Lipinski definition) is 1. The first kappa shape index (κ1) is 16.0. The minimum Gasteiger partial charge on any atom is -0.384 e. The molecule has 0 unspecified atom stereocenters. The number of rotatable bonds is 4. The molecule has 1 aliphatic heterocycles. The maximum Gasteiger partial charge on any atom is 0.104 e. The standard InChI is InChI=1S/C18H26N2O/c1-19-11-9-18(10-12-19)15-20(2)14-17-7-5-16(6-8-17)4-3-13-21/h5-8,18,21H,9-15H2,1-2H3. The van der Waals surface area contributed by atoms with Gasteiger partial charge in [-0.3, -0.25) is 0 Å². The van der Waals surface area contributed by atoms with E-state index in [1.165, 1.54) is 38.0 Å². The summed E-state index contributed by atoms with van der Waals surface area (Å²) in [6, 6.07) is 8.32. The average Bonchev–Trinajstić information content (AvgIpc) is 2.49. The Morgan fingerprint density at radius 1 is 1.24 bits per heavy atom. The van der Waals surface area contributed by atoms with Crippen LogP contribution >= 0.6 is 0 Å². The summed E-state index contributed by atoms with van der Waals surface area (Å²) in [4.78, 5) is 4.84. The third-order valence-corrected chi connectivity index (χ3v) is 4.13. The van der Waals surface area contributed by atoms with Gasteiger partial charge in [0.2, 0.25) is 0 Å². The van der Waals surface area contributed by atoms with Crippen molar-refractivity contribution in [1.82, 2.24) is 9.80 Å².